The van der Waals surface area contributed by atoms with Crippen LogP contribution in [0.2, 0.25) is 0 Å². The zero-order chi connectivity index (χ0) is 16.7. The van der Waals surface area contributed by atoms with Gasteiger partial charge < -0.3 is 25.4 Å². The van der Waals surface area contributed by atoms with Crippen LogP contribution < -0.4 is 5.32 Å². The minimum Gasteiger partial charge on any atom is -0.445 e. The largest absolute Gasteiger partial charge is 0.445 e. The van der Waals surface area contributed by atoms with Crippen molar-refractivity contribution in [2.45, 2.75) is 25.4 Å². The summed E-state index contributed by atoms with van der Waals surface area (Å²) < 4.78 is 5.00. The van der Waals surface area contributed by atoms with Crippen molar-refractivity contribution in [1.82, 2.24) is 10.3 Å². The maximum absolute atomic E-state index is 11.6. The van der Waals surface area contributed by atoms with E-state index in [0.29, 0.717) is 5.69 Å². The molecule has 1 amide bonds. The van der Waals surface area contributed by atoms with Gasteiger partial charge in [-0.25, -0.2) is 9.78 Å². The second kappa shape index (κ2) is 8.59. The van der Waals surface area contributed by atoms with E-state index in [1.807, 2.05) is 30.3 Å². The van der Waals surface area contributed by atoms with E-state index in [4.69, 9.17) is 9.84 Å². The molecule has 8 heteroatoms. The van der Waals surface area contributed by atoms with Crippen LogP contribution in [0.4, 0.5) is 4.79 Å². The number of hydrogen-bond donors (Lipinski definition) is 4. The Kier molecular flexibility index (Phi) is 6.48. The van der Waals surface area contributed by atoms with Crippen LogP contribution in [0, 0.1) is 0 Å². The molecular weight excluding hydrogens is 320 g/mol. The average molecular weight is 338 g/mol. The van der Waals surface area contributed by atoms with Gasteiger partial charge in [0.2, 0.25) is 0 Å². The molecule has 1 aromatic carbocycles. The summed E-state index contributed by atoms with van der Waals surface area (Å²) >= 11 is 1.13. The minimum atomic E-state index is -1.24. The van der Waals surface area contributed by atoms with E-state index >= 15 is 0 Å². The Bertz CT molecular complexity index is 619. The smallest absolute Gasteiger partial charge is 0.407 e. The monoisotopic (exact) mass is 338 g/mol. The molecule has 0 aliphatic rings. The molecule has 2 aromatic rings. The van der Waals surface area contributed by atoms with Crippen LogP contribution in [0.25, 0.3) is 0 Å². The van der Waals surface area contributed by atoms with Crippen LogP contribution in [-0.2, 0) is 18.0 Å². The molecule has 2 atom stereocenters. The summed E-state index contributed by atoms with van der Waals surface area (Å²) in [4.78, 5) is 15.5. The number of benzene rings is 1. The van der Waals surface area contributed by atoms with Crippen molar-refractivity contribution in [2.24, 2.45) is 0 Å². The molecule has 0 bridgehead atoms. The molecule has 1 aromatic heterocycles. The Balaban J connectivity index is 1.74. The van der Waals surface area contributed by atoms with E-state index in [9.17, 15) is 15.0 Å². The first-order valence-electron chi connectivity index (χ1n) is 6.96. The lowest BCUT2D eigenvalue weighted by Gasteiger charge is -2.16. The van der Waals surface area contributed by atoms with Gasteiger partial charge in [-0.2, -0.15) is 0 Å². The molecule has 124 valence electrons. The molecule has 23 heavy (non-hydrogen) atoms. The zero-order valence-electron chi connectivity index (χ0n) is 12.3. The van der Waals surface area contributed by atoms with E-state index in [0.717, 1.165) is 16.9 Å². The second-order valence-corrected chi connectivity index (χ2v) is 5.68. The maximum atomic E-state index is 11.6. The van der Waals surface area contributed by atoms with Crippen LogP contribution in [0.15, 0.2) is 35.7 Å². The van der Waals surface area contributed by atoms with Gasteiger partial charge in [0.05, 0.1) is 12.3 Å². The maximum Gasteiger partial charge on any atom is 0.407 e. The summed E-state index contributed by atoms with van der Waals surface area (Å²) in [5, 5.41) is 33.0. The third kappa shape index (κ3) is 5.29. The number of nitrogens with one attached hydrogen (secondary N) is 1. The van der Waals surface area contributed by atoms with Crippen molar-refractivity contribution in [3.63, 3.8) is 0 Å². The number of aliphatic hydroxyl groups excluding tert-OH is 3. The molecule has 7 nitrogen and oxygen atoms in total. The van der Waals surface area contributed by atoms with Crippen LogP contribution in [0.3, 0.4) is 0 Å². The number of nitrogens with zero attached hydrogens (tertiary/aromatic N) is 1. The number of ether oxygens (including phenoxy) is 1. The van der Waals surface area contributed by atoms with Crippen molar-refractivity contribution in [3.05, 3.63) is 52.0 Å². The Morgan fingerprint density at radius 3 is 2.70 bits per heavy atom. The molecule has 0 spiro atoms. The quantitative estimate of drug-likeness (QED) is 0.598. The third-order valence-corrected chi connectivity index (χ3v) is 3.98. The molecule has 1 heterocycles. The predicted octanol–water partition coefficient (Wildman–Crippen LogP) is 0.956. The number of aliphatic hydroxyl groups is 3. The fourth-order valence-electron chi connectivity index (χ4n) is 1.77. The highest BCUT2D eigenvalue weighted by molar-refractivity contribution is 7.09. The topological polar surface area (TPSA) is 112 Å². The van der Waals surface area contributed by atoms with Gasteiger partial charge in [0.15, 0.2) is 0 Å². The highest BCUT2D eigenvalue weighted by atomic mass is 32.1. The van der Waals surface area contributed by atoms with Gasteiger partial charge in [0.25, 0.3) is 0 Å². The summed E-state index contributed by atoms with van der Waals surface area (Å²) in [7, 11) is 0. The standard InChI is InChI=1S/C15H18N2O5S/c18-7-11-9-23-14(17-11)13(20)12(19)6-16-15(21)22-8-10-4-2-1-3-5-10/h1-5,9,12-13,18-20H,6-8H2,(H,16,21). The van der Waals surface area contributed by atoms with Gasteiger partial charge in [0, 0.05) is 11.9 Å². The lowest BCUT2D eigenvalue weighted by molar-refractivity contribution is 0.0181. The normalized spacial score (nSPS) is 13.3. The van der Waals surface area contributed by atoms with E-state index in [1.165, 1.54) is 0 Å². The molecule has 0 saturated heterocycles. The molecule has 0 saturated carbocycles. The number of alkyl carbamates (subject to hydrolysis) is 1. The minimum absolute atomic E-state index is 0.123. The summed E-state index contributed by atoms with van der Waals surface area (Å²) in [5.74, 6) is 0. The number of carbonyl (C=O) groups is 1. The molecular formula is C15H18N2O5S. The second-order valence-electron chi connectivity index (χ2n) is 4.79. The summed E-state index contributed by atoms with van der Waals surface area (Å²) in [6.45, 7) is -0.288. The molecule has 0 aliphatic carbocycles. The first-order valence-corrected chi connectivity index (χ1v) is 7.84. The third-order valence-electron chi connectivity index (χ3n) is 3.02. The average Bonchev–Trinajstić information content (AvgIpc) is 3.07. The van der Waals surface area contributed by atoms with Crippen molar-refractivity contribution in [2.75, 3.05) is 6.54 Å². The Morgan fingerprint density at radius 1 is 1.30 bits per heavy atom. The van der Waals surface area contributed by atoms with Crippen LogP contribution in [0.5, 0.6) is 0 Å². The number of aromatic nitrogens is 1. The van der Waals surface area contributed by atoms with Gasteiger partial charge >= 0.3 is 6.09 Å². The van der Waals surface area contributed by atoms with E-state index < -0.39 is 18.3 Å². The van der Waals surface area contributed by atoms with Crippen LogP contribution >= 0.6 is 11.3 Å². The summed E-state index contributed by atoms with van der Waals surface area (Å²) in [6, 6.07) is 9.19. The first-order chi connectivity index (χ1) is 11.1. The number of carbonyl (C=O) groups excluding carboxylic acids is 1. The first kappa shape index (κ1) is 17.4. The predicted molar refractivity (Wildman–Crippen MR) is 83.6 cm³/mol. The zero-order valence-corrected chi connectivity index (χ0v) is 13.1. The lowest BCUT2D eigenvalue weighted by atomic mass is 10.2. The fraction of sp³-hybridized carbons (Fsp3) is 0.333. The van der Waals surface area contributed by atoms with Gasteiger partial charge in [-0.15, -0.1) is 11.3 Å². The summed E-state index contributed by atoms with van der Waals surface area (Å²) in [6.07, 6.45) is -3.15. The number of thiazole rings is 1. The Hall–Kier alpha value is -2.00. The van der Waals surface area contributed by atoms with Crippen LogP contribution in [-0.4, -0.2) is 39.0 Å². The van der Waals surface area contributed by atoms with Crippen molar-refractivity contribution in [3.8, 4) is 0 Å². The Morgan fingerprint density at radius 2 is 2.04 bits per heavy atom. The molecule has 2 rings (SSSR count). The van der Waals surface area contributed by atoms with E-state index in [-0.39, 0.29) is 24.8 Å². The number of rotatable bonds is 7. The van der Waals surface area contributed by atoms with E-state index in [1.54, 1.807) is 5.38 Å². The van der Waals surface area contributed by atoms with Crippen molar-refractivity contribution in [1.29, 1.82) is 0 Å². The van der Waals surface area contributed by atoms with E-state index in [2.05, 4.69) is 10.3 Å². The highest BCUT2D eigenvalue weighted by Gasteiger charge is 2.22. The molecule has 0 radical (unpaired) electrons. The van der Waals surface area contributed by atoms with Gasteiger partial charge in [0.1, 0.15) is 23.8 Å². The summed E-state index contributed by atoms with van der Waals surface area (Å²) in [5.41, 5.74) is 1.27. The highest BCUT2D eigenvalue weighted by Crippen LogP contribution is 2.21. The molecule has 0 fully saturated rings. The molecule has 2 unspecified atom stereocenters. The van der Waals surface area contributed by atoms with Gasteiger partial charge in [-0.1, -0.05) is 30.3 Å². The molecule has 0 aliphatic heterocycles. The van der Waals surface area contributed by atoms with Gasteiger partial charge in [-0.3, -0.25) is 0 Å². The fourth-order valence-corrected chi connectivity index (χ4v) is 2.62. The van der Waals surface area contributed by atoms with Crippen molar-refractivity contribution >= 4 is 17.4 Å². The number of amides is 1. The van der Waals surface area contributed by atoms with Crippen molar-refractivity contribution < 1.29 is 24.9 Å². The SMILES string of the molecule is O=C(NCC(O)C(O)c1nc(CO)cs1)OCc1ccccc1. The lowest BCUT2D eigenvalue weighted by Crippen LogP contribution is -2.35. The number of hydrogen-bond acceptors (Lipinski definition) is 7. The van der Waals surface area contributed by atoms with Gasteiger partial charge in [-0.05, 0) is 5.56 Å². The van der Waals surface area contributed by atoms with Crippen LogP contribution in [0.1, 0.15) is 22.4 Å². The Labute approximate surface area is 137 Å². The molecule has 4 N–H and O–H groups in total.